The maximum absolute atomic E-state index is 4.48. The Morgan fingerprint density at radius 2 is 2.00 bits per heavy atom. The van der Waals surface area contributed by atoms with Gasteiger partial charge in [0.25, 0.3) is 0 Å². The van der Waals surface area contributed by atoms with Gasteiger partial charge in [0.2, 0.25) is 0 Å². The van der Waals surface area contributed by atoms with Crippen LogP contribution in [0.25, 0.3) is 0 Å². The second-order valence-electron chi connectivity index (χ2n) is 6.46. The van der Waals surface area contributed by atoms with Gasteiger partial charge in [0, 0.05) is 18.8 Å². The van der Waals surface area contributed by atoms with E-state index in [2.05, 4.69) is 23.3 Å². The monoisotopic (exact) mass is 258 g/mol. The Morgan fingerprint density at radius 1 is 1.16 bits per heavy atom. The zero-order valence-electron chi connectivity index (χ0n) is 12.1. The van der Waals surface area contributed by atoms with Crippen molar-refractivity contribution in [2.45, 2.75) is 64.5 Å². The average molecular weight is 258 g/mol. The van der Waals surface area contributed by atoms with E-state index >= 15 is 0 Å². The zero-order chi connectivity index (χ0) is 13.1. The number of hydrogen-bond donors (Lipinski definition) is 1. The molecule has 2 heteroatoms. The summed E-state index contributed by atoms with van der Waals surface area (Å²) in [6.45, 7) is 3.09. The average Bonchev–Trinajstić information content (AvgIpc) is 2.46. The van der Waals surface area contributed by atoms with Crippen molar-refractivity contribution in [3.8, 4) is 0 Å². The Kier molecular flexibility index (Phi) is 4.17. The highest BCUT2D eigenvalue weighted by atomic mass is 14.9. The van der Waals surface area contributed by atoms with Crippen LogP contribution in [0.4, 0.5) is 0 Å². The summed E-state index contributed by atoms with van der Waals surface area (Å²) in [6.07, 6.45) is 12.0. The molecular weight excluding hydrogens is 232 g/mol. The van der Waals surface area contributed by atoms with Gasteiger partial charge >= 0.3 is 0 Å². The number of nitrogens with zero attached hydrogens (tertiary/aromatic N) is 1. The molecule has 1 N–H and O–H groups in total. The van der Waals surface area contributed by atoms with Gasteiger partial charge in [0.05, 0.1) is 5.69 Å². The number of aryl methyl sites for hydroxylation is 1. The van der Waals surface area contributed by atoms with Crippen LogP contribution in [0.15, 0.2) is 18.3 Å². The largest absolute Gasteiger partial charge is 0.308 e. The van der Waals surface area contributed by atoms with Crippen LogP contribution < -0.4 is 5.32 Å². The second kappa shape index (κ2) is 6.04. The lowest BCUT2D eigenvalue weighted by atomic mass is 9.69. The Balaban J connectivity index is 1.52. The third kappa shape index (κ3) is 3.17. The van der Waals surface area contributed by atoms with Crippen LogP contribution in [-0.2, 0) is 6.54 Å². The van der Waals surface area contributed by atoms with Gasteiger partial charge < -0.3 is 5.32 Å². The van der Waals surface area contributed by atoms with E-state index in [1.807, 2.05) is 12.3 Å². The fourth-order valence-corrected chi connectivity index (χ4v) is 4.00. The van der Waals surface area contributed by atoms with Crippen molar-refractivity contribution in [2.75, 3.05) is 0 Å². The first-order valence-electron chi connectivity index (χ1n) is 7.97. The van der Waals surface area contributed by atoms with Gasteiger partial charge in [-0.05, 0) is 49.7 Å². The summed E-state index contributed by atoms with van der Waals surface area (Å²) >= 11 is 0. The molecule has 2 aliphatic rings. The molecule has 0 bridgehead atoms. The van der Waals surface area contributed by atoms with Crippen LogP contribution in [-0.4, -0.2) is 11.0 Å². The number of fused-ring (bicyclic) bond motifs is 1. The molecule has 2 saturated carbocycles. The van der Waals surface area contributed by atoms with Gasteiger partial charge in [-0.15, -0.1) is 0 Å². The quantitative estimate of drug-likeness (QED) is 0.891. The predicted octanol–water partition coefficient (Wildman–Crippen LogP) is 3.84. The lowest BCUT2D eigenvalue weighted by Gasteiger charge is -2.39. The van der Waals surface area contributed by atoms with Crippen molar-refractivity contribution in [2.24, 2.45) is 11.8 Å². The van der Waals surface area contributed by atoms with E-state index in [9.17, 15) is 0 Å². The summed E-state index contributed by atoms with van der Waals surface area (Å²) in [6, 6.07) is 4.90. The fraction of sp³-hybridized carbons (Fsp3) is 0.706. The summed E-state index contributed by atoms with van der Waals surface area (Å²) in [4.78, 5) is 4.48. The molecule has 1 aromatic heterocycles. The normalized spacial score (nSPS) is 30.9. The third-order valence-electron chi connectivity index (χ3n) is 5.22. The van der Waals surface area contributed by atoms with E-state index in [1.54, 1.807) is 0 Å². The molecule has 19 heavy (non-hydrogen) atoms. The number of hydrogen-bond acceptors (Lipinski definition) is 2. The van der Waals surface area contributed by atoms with Crippen molar-refractivity contribution >= 4 is 0 Å². The molecule has 0 aliphatic heterocycles. The Morgan fingerprint density at radius 3 is 2.84 bits per heavy atom. The highest BCUT2D eigenvalue weighted by Crippen LogP contribution is 2.40. The molecule has 2 nitrogen and oxygen atoms in total. The lowest BCUT2D eigenvalue weighted by Crippen LogP contribution is -2.38. The Hall–Kier alpha value is -0.890. The van der Waals surface area contributed by atoms with Crippen LogP contribution >= 0.6 is 0 Å². The van der Waals surface area contributed by atoms with E-state index < -0.39 is 0 Å². The number of rotatable bonds is 3. The lowest BCUT2D eigenvalue weighted by molar-refractivity contribution is 0.143. The van der Waals surface area contributed by atoms with E-state index in [-0.39, 0.29) is 0 Å². The van der Waals surface area contributed by atoms with Crippen molar-refractivity contribution in [1.29, 1.82) is 0 Å². The highest BCUT2D eigenvalue weighted by molar-refractivity contribution is 5.17. The summed E-state index contributed by atoms with van der Waals surface area (Å²) in [7, 11) is 0. The SMILES string of the molecule is Cc1cccnc1CNC1CCC2CCCCC2C1. The van der Waals surface area contributed by atoms with E-state index in [0.29, 0.717) is 0 Å². The number of nitrogens with one attached hydrogen (secondary N) is 1. The molecular formula is C17H26N2. The second-order valence-corrected chi connectivity index (χ2v) is 6.46. The smallest absolute Gasteiger partial charge is 0.0570 e. The molecule has 0 saturated heterocycles. The topological polar surface area (TPSA) is 24.9 Å². The molecule has 1 heterocycles. The molecule has 3 atom stereocenters. The molecule has 104 valence electrons. The minimum absolute atomic E-state index is 0.723. The molecule has 2 aliphatic carbocycles. The van der Waals surface area contributed by atoms with Crippen molar-refractivity contribution < 1.29 is 0 Å². The first kappa shape index (κ1) is 13.1. The highest BCUT2D eigenvalue weighted by Gasteiger charge is 2.31. The first-order chi connectivity index (χ1) is 9.33. The maximum Gasteiger partial charge on any atom is 0.0570 e. The van der Waals surface area contributed by atoms with Gasteiger partial charge in [-0.25, -0.2) is 0 Å². The molecule has 0 spiro atoms. The zero-order valence-corrected chi connectivity index (χ0v) is 12.1. The molecule has 1 aromatic rings. The predicted molar refractivity (Wildman–Crippen MR) is 78.9 cm³/mol. The summed E-state index contributed by atoms with van der Waals surface area (Å²) in [5.74, 6) is 2.05. The summed E-state index contributed by atoms with van der Waals surface area (Å²) in [5, 5.41) is 3.75. The van der Waals surface area contributed by atoms with Gasteiger partial charge in [-0.1, -0.05) is 31.7 Å². The number of pyridine rings is 1. The molecule has 3 rings (SSSR count). The van der Waals surface area contributed by atoms with Crippen molar-refractivity contribution in [3.05, 3.63) is 29.6 Å². The molecule has 0 radical (unpaired) electrons. The fourth-order valence-electron chi connectivity index (χ4n) is 4.00. The van der Waals surface area contributed by atoms with Gasteiger partial charge in [-0.2, -0.15) is 0 Å². The first-order valence-corrected chi connectivity index (χ1v) is 7.97. The van der Waals surface area contributed by atoms with Gasteiger partial charge in [-0.3, -0.25) is 4.98 Å². The minimum atomic E-state index is 0.723. The van der Waals surface area contributed by atoms with Crippen LogP contribution in [0.2, 0.25) is 0 Å². The Labute approximate surface area is 117 Å². The van der Waals surface area contributed by atoms with Crippen LogP contribution in [0, 0.1) is 18.8 Å². The third-order valence-corrected chi connectivity index (χ3v) is 5.22. The van der Waals surface area contributed by atoms with Crippen LogP contribution in [0.5, 0.6) is 0 Å². The van der Waals surface area contributed by atoms with Crippen molar-refractivity contribution in [1.82, 2.24) is 10.3 Å². The molecule has 2 fully saturated rings. The van der Waals surface area contributed by atoms with Crippen LogP contribution in [0.1, 0.15) is 56.2 Å². The minimum Gasteiger partial charge on any atom is -0.308 e. The molecule has 0 aromatic carbocycles. The number of aromatic nitrogens is 1. The summed E-state index contributed by atoms with van der Waals surface area (Å²) in [5.41, 5.74) is 2.52. The van der Waals surface area contributed by atoms with E-state index in [4.69, 9.17) is 0 Å². The van der Waals surface area contributed by atoms with Crippen molar-refractivity contribution in [3.63, 3.8) is 0 Å². The van der Waals surface area contributed by atoms with Crippen LogP contribution in [0.3, 0.4) is 0 Å². The van der Waals surface area contributed by atoms with Gasteiger partial charge in [0.15, 0.2) is 0 Å². The molecule has 0 amide bonds. The van der Waals surface area contributed by atoms with E-state index in [1.165, 1.54) is 56.2 Å². The van der Waals surface area contributed by atoms with E-state index in [0.717, 1.165) is 24.4 Å². The summed E-state index contributed by atoms with van der Waals surface area (Å²) < 4.78 is 0. The molecule has 3 unspecified atom stereocenters. The van der Waals surface area contributed by atoms with Gasteiger partial charge in [0.1, 0.15) is 0 Å². The maximum atomic E-state index is 4.48. The Bertz CT molecular complexity index is 415. The standard InChI is InChI=1S/C17H26N2/c1-13-5-4-10-18-17(13)12-19-16-9-8-14-6-2-3-7-15(14)11-16/h4-5,10,14-16,19H,2-3,6-9,11-12H2,1H3.